The van der Waals surface area contributed by atoms with Gasteiger partial charge in [-0.25, -0.2) is 4.39 Å². The number of carbonyl (C=O) groups is 1. The zero-order valence-electron chi connectivity index (χ0n) is 16.8. The van der Waals surface area contributed by atoms with Gasteiger partial charge in [-0.1, -0.05) is 0 Å². The van der Waals surface area contributed by atoms with E-state index < -0.39 is 17.2 Å². The molecule has 2 N–H and O–H groups in total. The molecule has 1 unspecified atom stereocenters. The molecule has 1 aliphatic heterocycles. The van der Waals surface area contributed by atoms with Gasteiger partial charge in [0.2, 0.25) is 5.43 Å². The number of amides is 1. The molecule has 4 rings (SSSR count). The second kappa shape index (κ2) is 7.67. The van der Waals surface area contributed by atoms with Crippen LogP contribution in [0.25, 0.3) is 10.9 Å². The van der Waals surface area contributed by atoms with E-state index in [2.05, 4.69) is 17.6 Å². The number of nitrogens with one attached hydrogen (secondary N) is 2. The summed E-state index contributed by atoms with van der Waals surface area (Å²) in [6.45, 7) is 7.82. The standard InChI is InChI=1S/C21H26FN4O3/c1-4-23-21(28)15-11-26(13-5-6-13)17-14(19(15)27)9-16(22)18(20(17)29-3)25-8-7-24-12(2)10-25/h9,11-13,24H,1,4-8,10H2,2-3H3,(H,23,28). The fraction of sp³-hybridized carbons (Fsp3) is 0.476. The highest BCUT2D eigenvalue weighted by Gasteiger charge is 2.32. The molecule has 2 heterocycles. The first-order valence-electron chi connectivity index (χ1n) is 9.97. The van der Waals surface area contributed by atoms with Crippen molar-refractivity contribution >= 4 is 22.5 Å². The number of rotatable bonds is 5. The molecular formula is C21H26FN4O3. The molecular weight excluding hydrogens is 375 g/mol. The maximum atomic E-state index is 15.3. The number of methoxy groups -OCH3 is 1. The molecule has 1 amide bonds. The molecule has 8 heteroatoms. The van der Waals surface area contributed by atoms with E-state index in [1.54, 1.807) is 6.20 Å². The van der Waals surface area contributed by atoms with Crippen LogP contribution in [0.4, 0.5) is 10.1 Å². The lowest BCUT2D eigenvalue weighted by atomic mass is 10.1. The molecule has 1 aromatic carbocycles. The summed E-state index contributed by atoms with van der Waals surface area (Å²) in [6, 6.07) is 1.63. The number of fused-ring (bicyclic) bond motifs is 1. The molecule has 1 saturated heterocycles. The summed E-state index contributed by atoms with van der Waals surface area (Å²) in [5, 5.41) is 6.07. The van der Waals surface area contributed by atoms with E-state index in [0.717, 1.165) is 19.4 Å². The zero-order chi connectivity index (χ0) is 20.7. The molecule has 1 radical (unpaired) electrons. The van der Waals surface area contributed by atoms with Crippen LogP contribution in [0.3, 0.4) is 0 Å². The Balaban J connectivity index is 1.98. The quantitative estimate of drug-likeness (QED) is 0.800. The van der Waals surface area contributed by atoms with Gasteiger partial charge in [0.25, 0.3) is 5.91 Å². The van der Waals surface area contributed by atoms with Crippen molar-refractivity contribution in [3.05, 3.63) is 40.8 Å². The van der Waals surface area contributed by atoms with Crippen LogP contribution in [0, 0.1) is 12.7 Å². The summed E-state index contributed by atoms with van der Waals surface area (Å²) in [5.41, 5.74) is 0.421. The fourth-order valence-electron chi connectivity index (χ4n) is 4.08. The van der Waals surface area contributed by atoms with Crippen LogP contribution >= 0.6 is 0 Å². The summed E-state index contributed by atoms with van der Waals surface area (Å²) in [4.78, 5) is 27.4. The van der Waals surface area contributed by atoms with Crippen molar-refractivity contribution in [2.24, 2.45) is 0 Å². The van der Waals surface area contributed by atoms with Gasteiger partial charge in [0.05, 0.1) is 18.0 Å². The number of hydrogen-bond donors (Lipinski definition) is 2. The van der Waals surface area contributed by atoms with E-state index in [4.69, 9.17) is 4.74 Å². The number of aromatic nitrogens is 1. The first-order valence-corrected chi connectivity index (χ1v) is 9.97. The van der Waals surface area contributed by atoms with Crippen LogP contribution in [0.15, 0.2) is 17.1 Å². The van der Waals surface area contributed by atoms with Gasteiger partial charge >= 0.3 is 0 Å². The van der Waals surface area contributed by atoms with Crippen molar-refractivity contribution in [2.45, 2.75) is 31.8 Å². The third kappa shape index (κ3) is 3.46. The molecule has 1 atom stereocenters. The lowest BCUT2D eigenvalue weighted by Crippen LogP contribution is -2.49. The number of anilines is 1. The fourth-order valence-corrected chi connectivity index (χ4v) is 4.08. The second-order valence-corrected chi connectivity index (χ2v) is 7.70. The predicted molar refractivity (Wildman–Crippen MR) is 110 cm³/mol. The van der Waals surface area contributed by atoms with Gasteiger partial charge in [0.15, 0.2) is 11.6 Å². The summed E-state index contributed by atoms with van der Waals surface area (Å²) in [6.07, 6.45) is 3.46. The summed E-state index contributed by atoms with van der Waals surface area (Å²) in [5.74, 6) is -0.666. The van der Waals surface area contributed by atoms with Gasteiger partial charge in [0, 0.05) is 44.5 Å². The van der Waals surface area contributed by atoms with E-state index in [0.29, 0.717) is 30.0 Å². The topological polar surface area (TPSA) is 75.6 Å². The first kappa shape index (κ1) is 19.7. The van der Waals surface area contributed by atoms with E-state index in [9.17, 15) is 9.59 Å². The normalized spacial score (nSPS) is 19.4. The highest BCUT2D eigenvalue weighted by molar-refractivity contribution is 6.00. The van der Waals surface area contributed by atoms with Crippen LogP contribution < -0.4 is 25.7 Å². The summed E-state index contributed by atoms with van der Waals surface area (Å²) < 4.78 is 22.9. The van der Waals surface area contributed by atoms with Crippen molar-refractivity contribution in [3.8, 4) is 5.75 Å². The molecule has 1 saturated carbocycles. The van der Waals surface area contributed by atoms with Crippen LogP contribution in [0.1, 0.15) is 36.2 Å². The third-order valence-corrected chi connectivity index (χ3v) is 5.56. The Bertz CT molecular complexity index is 1020. The van der Waals surface area contributed by atoms with Crippen molar-refractivity contribution in [3.63, 3.8) is 0 Å². The van der Waals surface area contributed by atoms with Gasteiger partial charge in [-0.15, -0.1) is 0 Å². The minimum Gasteiger partial charge on any atom is -0.492 e. The largest absolute Gasteiger partial charge is 0.492 e. The molecule has 1 aliphatic carbocycles. The van der Waals surface area contributed by atoms with Crippen molar-refractivity contribution in [1.29, 1.82) is 0 Å². The number of carbonyl (C=O) groups excluding carboxylic acids is 1. The number of pyridine rings is 1. The summed E-state index contributed by atoms with van der Waals surface area (Å²) in [7, 11) is 1.49. The van der Waals surface area contributed by atoms with Crippen molar-refractivity contribution < 1.29 is 13.9 Å². The monoisotopic (exact) mass is 401 g/mol. The van der Waals surface area contributed by atoms with Gasteiger partial charge < -0.3 is 24.8 Å². The van der Waals surface area contributed by atoms with Crippen molar-refractivity contribution in [1.82, 2.24) is 15.2 Å². The van der Waals surface area contributed by atoms with E-state index in [1.165, 1.54) is 13.2 Å². The Morgan fingerprint density at radius 1 is 1.45 bits per heavy atom. The van der Waals surface area contributed by atoms with E-state index >= 15 is 4.39 Å². The number of benzene rings is 1. The molecule has 2 aromatic rings. The van der Waals surface area contributed by atoms with E-state index in [-0.39, 0.29) is 29.6 Å². The average molecular weight is 401 g/mol. The smallest absolute Gasteiger partial charge is 0.256 e. The average Bonchev–Trinajstić information content (AvgIpc) is 3.53. The molecule has 0 spiro atoms. The Morgan fingerprint density at radius 3 is 2.83 bits per heavy atom. The number of halogens is 1. The summed E-state index contributed by atoms with van der Waals surface area (Å²) >= 11 is 0. The number of hydrogen-bond acceptors (Lipinski definition) is 5. The molecule has 1 aromatic heterocycles. The Morgan fingerprint density at radius 2 is 2.21 bits per heavy atom. The van der Waals surface area contributed by atoms with E-state index in [1.807, 2.05) is 16.4 Å². The number of nitrogens with zero attached hydrogens (tertiary/aromatic N) is 2. The molecule has 2 aliphatic rings. The lowest BCUT2D eigenvalue weighted by Gasteiger charge is -2.35. The lowest BCUT2D eigenvalue weighted by molar-refractivity contribution is 0.0956. The Labute approximate surface area is 168 Å². The van der Waals surface area contributed by atoms with Crippen LogP contribution in [-0.4, -0.2) is 49.8 Å². The van der Waals surface area contributed by atoms with Crippen LogP contribution in [0.5, 0.6) is 5.75 Å². The molecule has 29 heavy (non-hydrogen) atoms. The highest BCUT2D eigenvalue weighted by atomic mass is 19.1. The molecule has 0 bridgehead atoms. The number of ether oxygens (including phenoxy) is 1. The molecule has 155 valence electrons. The maximum Gasteiger partial charge on any atom is 0.256 e. The van der Waals surface area contributed by atoms with Gasteiger partial charge in [-0.2, -0.15) is 0 Å². The Kier molecular flexibility index (Phi) is 5.21. The van der Waals surface area contributed by atoms with Crippen molar-refractivity contribution in [2.75, 3.05) is 38.2 Å². The Hall–Kier alpha value is -2.61. The van der Waals surface area contributed by atoms with Crippen LogP contribution in [-0.2, 0) is 0 Å². The minimum absolute atomic E-state index is 0.00181. The zero-order valence-corrected chi connectivity index (χ0v) is 16.8. The third-order valence-electron chi connectivity index (χ3n) is 5.56. The van der Waals surface area contributed by atoms with Crippen LogP contribution in [0.2, 0.25) is 0 Å². The second-order valence-electron chi connectivity index (χ2n) is 7.70. The molecule has 7 nitrogen and oxygen atoms in total. The highest BCUT2D eigenvalue weighted by Crippen LogP contribution is 2.43. The number of piperazine rings is 1. The predicted octanol–water partition coefficient (Wildman–Crippen LogP) is 1.85. The van der Waals surface area contributed by atoms with Gasteiger partial charge in [-0.05, 0) is 32.8 Å². The maximum absolute atomic E-state index is 15.3. The molecule has 2 fully saturated rings. The first-order chi connectivity index (χ1) is 14.0. The van der Waals surface area contributed by atoms with Gasteiger partial charge in [0.1, 0.15) is 11.3 Å². The van der Waals surface area contributed by atoms with Gasteiger partial charge in [-0.3, -0.25) is 9.59 Å². The minimum atomic E-state index is -0.516. The SMILES string of the molecule is [CH2]CNC(=O)c1cn(C2CC2)c2c(OC)c(N3CCNC(C)C3)c(F)cc2c1=O.